The van der Waals surface area contributed by atoms with Gasteiger partial charge in [0.25, 0.3) is 5.56 Å². The number of fused-ring (bicyclic) bond motifs is 1. The van der Waals surface area contributed by atoms with Gasteiger partial charge in [-0.1, -0.05) is 42.5 Å². The fraction of sp³-hybridized carbons (Fsp3) is 0. The Balaban J connectivity index is 1.70. The van der Waals surface area contributed by atoms with Crippen molar-refractivity contribution in [2.75, 3.05) is 0 Å². The number of H-pyrrole nitrogens is 1. The molecule has 0 amide bonds. The third-order valence-electron chi connectivity index (χ3n) is 4.66. The van der Waals surface area contributed by atoms with Crippen molar-refractivity contribution in [3.05, 3.63) is 94.8 Å². The summed E-state index contributed by atoms with van der Waals surface area (Å²) in [4.78, 5) is 22.0. The predicted octanol–water partition coefficient (Wildman–Crippen LogP) is 4.43. The molecule has 3 aromatic carbocycles. The minimum atomic E-state index is -0.308. The van der Waals surface area contributed by atoms with E-state index in [1.54, 1.807) is 18.2 Å². The van der Waals surface area contributed by atoms with Gasteiger partial charge in [0, 0.05) is 6.21 Å². The van der Waals surface area contributed by atoms with E-state index in [1.807, 2.05) is 54.6 Å². The van der Waals surface area contributed by atoms with Gasteiger partial charge in [0.05, 0.1) is 11.3 Å². The maximum atomic E-state index is 13.2. The van der Waals surface area contributed by atoms with E-state index >= 15 is 0 Å². The van der Waals surface area contributed by atoms with Crippen LogP contribution in [-0.2, 0) is 0 Å². The molecule has 0 aliphatic carbocycles. The number of hydrogen-bond donors (Lipinski definition) is 2. The normalized spacial score (nSPS) is 11.5. The van der Waals surface area contributed by atoms with Crippen molar-refractivity contribution in [2.45, 2.75) is 0 Å². The van der Waals surface area contributed by atoms with Crippen molar-refractivity contribution < 1.29 is 9.52 Å². The van der Waals surface area contributed by atoms with Gasteiger partial charge >= 0.3 is 0 Å². The summed E-state index contributed by atoms with van der Waals surface area (Å²) in [6.45, 7) is 0. The Morgan fingerprint density at radius 1 is 0.967 bits per heavy atom. The lowest BCUT2D eigenvalue weighted by Gasteiger charge is -1.99. The first kappa shape index (κ1) is 17.7. The largest absolute Gasteiger partial charge is 0.506 e. The highest BCUT2D eigenvalue weighted by Gasteiger charge is 2.20. The van der Waals surface area contributed by atoms with Crippen LogP contribution in [0.1, 0.15) is 5.56 Å². The standard InChI is InChI=1S/C23H16N4O3/c28-19-12-6-4-10-17(19)24-14-16-21(22-25-18-11-5-7-13-20(18)30-22)26-27(23(16)29)15-8-2-1-3-9-15/h1-14,26,28H. The van der Waals surface area contributed by atoms with Crippen LogP contribution in [0.2, 0.25) is 0 Å². The molecular formula is C23H16N4O3. The number of aliphatic imine (C=N–C) groups is 1. The van der Waals surface area contributed by atoms with E-state index in [4.69, 9.17) is 4.42 Å². The van der Waals surface area contributed by atoms with Gasteiger partial charge in [-0.15, -0.1) is 0 Å². The lowest BCUT2D eigenvalue weighted by Crippen LogP contribution is -2.17. The Hall–Kier alpha value is -4.39. The summed E-state index contributed by atoms with van der Waals surface area (Å²) >= 11 is 0. The number of oxazole rings is 1. The van der Waals surface area contributed by atoms with Crippen LogP contribution in [0, 0.1) is 0 Å². The van der Waals surface area contributed by atoms with E-state index in [1.165, 1.54) is 17.0 Å². The van der Waals surface area contributed by atoms with Crippen molar-refractivity contribution in [1.29, 1.82) is 0 Å². The second kappa shape index (κ2) is 7.21. The smallest absolute Gasteiger partial charge is 0.280 e. The first-order valence-electron chi connectivity index (χ1n) is 9.29. The highest BCUT2D eigenvalue weighted by molar-refractivity contribution is 5.90. The van der Waals surface area contributed by atoms with Gasteiger partial charge in [0.2, 0.25) is 5.89 Å². The maximum absolute atomic E-state index is 13.2. The summed E-state index contributed by atoms with van der Waals surface area (Å²) in [5, 5.41) is 13.1. The molecule has 2 heterocycles. The van der Waals surface area contributed by atoms with E-state index in [9.17, 15) is 9.90 Å². The van der Waals surface area contributed by atoms with E-state index < -0.39 is 0 Å². The zero-order chi connectivity index (χ0) is 20.5. The zero-order valence-corrected chi connectivity index (χ0v) is 15.7. The number of phenolic OH excluding ortho intramolecular Hbond substituents is 1. The number of aromatic nitrogens is 3. The Morgan fingerprint density at radius 3 is 2.50 bits per heavy atom. The average molecular weight is 396 g/mol. The fourth-order valence-corrected chi connectivity index (χ4v) is 3.18. The van der Waals surface area contributed by atoms with Crippen molar-refractivity contribution in [3.8, 4) is 23.0 Å². The van der Waals surface area contributed by atoms with E-state index in [-0.39, 0.29) is 22.8 Å². The van der Waals surface area contributed by atoms with Crippen molar-refractivity contribution >= 4 is 23.0 Å². The molecule has 0 aliphatic rings. The molecule has 146 valence electrons. The number of nitrogens with zero attached hydrogens (tertiary/aromatic N) is 3. The number of para-hydroxylation sites is 5. The van der Waals surface area contributed by atoms with Gasteiger partial charge in [0.1, 0.15) is 22.6 Å². The highest BCUT2D eigenvalue weighted by Crippen LogP contribution is 2.27. The Labute approximate surface area is 170 Å². The first-order valence-corrected chi connectivity index (χ1v) is 9.29. The van der Waals surface area contributed by atoms with Crippen LogP contribution in [0.25, 0.3) is 28.4 Å². The molecule has 0 radical (unpaired) electrons. The molecule has 0 fully saturated rings. The molecule has 0 unspecified atom stereocenters. The van der Waals surface area contributed by atoms with Crippen LogP contribution in [0.4, 0.5) is 5.69 Å². The molecule has 0 saturated heterocycles. The Kier molecular flexibility index (Phi) is 4.25. The molecule has 7 heteroatoms. The van der Waals surface area contributed by atoms with Gasteiger partial charge < -0.3 is 9.52 Å². The molecule has 30 heavy (non-hydrogen) atoms. The molecule has 2 aromatic heterocycles. The van der Waals surface area contributed by atoms with Gasteiger partial charge in [-0.2, -0.15) is 0 Å². The first-order chi connectivity index (χ1) is 14.7. The van der Waals surface area contributed by atoms with Crippen LogP contribution in [0.5, 0.6) is 5.75 Å². The van der Waals surface area contributed by atoms with Crippen LogP contribution >= 0.6 is 0 Å². The molecule has 0 spiro atoms. The average Bonchev–Trinajstić information content (AvgIpc) is 3.35. The summed E-state index contributed by atoms with van der Waals surface area (Å²) in [6, 6.07) is 23.2. The number of benzene rings is 3. The lowest BCUT2D eigenvalue weighted by molar-refractivity contribution is 0.477. The second-order valence-corrected chi connectivity index (χ2v) is 6.61. The summed E-state index contributed by atoms with van der Waals surface area (Å²) in [6.07, 6.45) is 1.41. The van der Waals surface area contributed by atoms with Crippen LogP contribution < -0.4 is 5.56 Å². The number of hydrogen-bond acceptors (Lipinski definition) is 5. The van der Waals surface area contributed by atoms with Gasteiger partial charge in [-0.25, -0.2) is 9.67 Å². The molecule has 5 rings (SSSR count). The Bertz CT molecular complexity index is 1390. The molecule has 0 bridgehead atoms. The fourth-order valence-electron chi connectivity index (χ4n) is 3.18. The van der Waals surface area contributed by atoms with Gasteiger partial charge in [-0.3, -0.25) is 14.9 Å². The van der Waals surface area contributed by atoms with E-state index in [0.29, 0.717) is 28.2 Å². The quantitative estimate of drug-likeness (QED) is 0.439. The molecule has 0 saturated carbocycles. The number of rotatable bonds is 4. The summed E-state index contributed by atoms with van der Waals surface area (Å²) in [5.41, 5.74) is 2.69. The third kappa shape index (κ3) is 3.08. The van der Waals surface area contributed by atoms with Crippen molar-refractivity contribution in [2.24, 2.45) is 4.99 Å². The number of aromatic hydroxyl groups is 1. The van der Waals surface area contributed by atoms with E-state index in [2.05, 4.69) is 15.1 Å². The highest BCUT2D eigenvalue weighted by atomic mass is 16.3. The van der Waals surface area contributed by atoms with Gasteiger partial charge in [0.15, 0.2) is 5.58 Å². The minimum absolute atomic E-state index is 0.0242. The van der Waals surface area contributed by atoms with E-state index in [0.717, 1.165) is 0 Å². The predicted molar refractivity (Wildman–Crippen MR) is 115 cm³/mol. The maximum Gasteiger partial charge on any atom is 0.280 e. The lowest BCUT2D eigenvalue weighted by atomic mass is 10.2. The van der Waals surface area contributed by atoms with Crippen LogP contribution in [-0.4, -0.2) is 26.1 Å². The number of nitrogens with one attached hydrogen (secondary N) is 1. The third-order valence-corrected chi connectivity index (χ3v) is 4.66. The Morgan fingerprint density at radius 2 is 1.70 bits per heavy atom. The molecule has 0 aliphatic heterocycles. The summed E-state index contributed by atoms with van der Waals surface area (Å²) < 4.78 is 7.28. The second-order valence-electron chi connectivity index (χ2n) is 6.61. The van der Waals surface area contributed by atoms with Crippen molar-refractivity contribution in [3.63, 3.8) is 0 Å². The number of aromatic amines is 1. The number of phenols is 1. The monoisotopic (exact) mass is 396 g/mol. The summed E-state index contributed by atoms with van der Waals surface area (Å²) in [5.74, 6) is 0.304. The minimum Gasteiger partial charge on any atom is -0.506 e. The van der Waals surface area contributed by atoms with Gasteiger partial charge in [-0.05, 0) is 36.4 Å². The summed E-state index contributed by atoms with van der Waals surface area (Å²) in [7, 11) is 0. The zero-order valence-electron chi connectivity index (χ0n) is 15.7. The molecular weight excluding hydrogens is 380 g/mol. The molecule has 7 nitrogen and oxygen atoms in total. The molecule has 5 aromatic rings. The van der Waals surface area contributed by atoms with Crippen molar-refractivity contribution in [1.82, 2.24) is 14.8 Å². The van der Waals surface area contributed by atoms with Crippen LogP contribution in [0.3, 0.4) is 0 Å². The molecule has 0 atom stereocenters. The molecule has 2 N–H and O–H groups in total. The topological polar surface area (TPSA) is 96.4 Å². The van der Waals surface area contributed by atoms with Crippen LogP contribution in [0.15, 0.2) is 93.1 Å². The SMILES string of the molecule is O=c1c(C=Nc2ccccc2O)c(-c2nc3ccccc3o2)[nH]n1-c1ccccc1.